The van der Waals surface area contributed by atoms with E-state index >= 15 is 0 Å². The van der Waals surface area contributed by atoms with E-state index in [1.165, 1.54) is 5.57 Å². The molecule has 1 saturated carbocycles. The topological polar surface area (TPSA) is 55.8 Å². The third-order valence-corrected chi connectivity index (χ3v) is 5.36. The lowest BCUT2D eigenvalue weighted by Crippen LogP contribution is -2.61. The first-order valence-corrected chi connectivity index (χ1v) is 6.83. The van der Waals surface area contributed by atoms with Gasteiger partial charge in [-0.2, -0.15) is 0 Å². The molecule has 0 aromatic rings. The molecule has 1 spiro atoms. The molecule has 4 heteroatoms. The molecule has 1 saturated heterocycles. The van der Waals surface area contributed by atoms with Crippen LogP contribution >= 0.6 is 0 Å². The number of hydrogen-bond donors (Lipinski definition) is 1. The van der Waals surface area contributed by atoms with Gasteiger partial charge in [-0.25, -0.2) is 14.6 Å². The summed E-state index contributed by atoms with van der Waals surface area (Å²) in [6.45, 7) is 8.03. The largest absolute Gasteiger partial charge is 0.478 e. The summed E-state index contributed by atoms with van der Waals surface area (Å²) in [6.07, 6.45) is 5.60. The van der Waals surface area contributed by atoms with Crippen molar-refractivity contribution in [2.24, 2.45) is 11.3 Å². The Morgan fingerprint density at radius 2 is 2.26 bits per heavy atom. The average Bonchev–Trinajstić information content (AvgIpc) is 2.35. The molecule has 2 fully saturated rings. The summed E-state index contributed by atoms with van der Waals surface area (Å²) in [6, 6.07) is 0. The first kappa shape index (κ1) is 12.9. The first-order chi connectivity index (χ1) is 8.88. The van der Waals surface area contributed by atoms with Gasteiger partial charge in [0.15, 0.2) is 0 Å². The molecule has 0 aromatic heterocycles. The van der Waals surface area contributed by atoms with Crippen molar-refractivity contribution in [2.45, 2.75) is 51.2 Å². The molecule has 4 unspecified atom stereocenters. The highest BCUT2D eigenvalue weighted by Gasteiger charge is 2.61. The smallest absolute Gasteiger partial charge is 0.331 e. The molecule has 2 heterocycles. The molecule has 0 amide bonds. The molecular formula is C15H20O4. The fourth-order valence-electron chi connectivity index (χ4n) is 4.09. The van der Waals surface area contributed by atoms with Crippen LogP contribution in [-0.4, -0.2) is 22.8 Å². The molecule has 0 radical (unpaired) electrons. The maximum atomic E-state index is 11.1. The van der Waals surface area contributed by atoms with E-state index in [1.54, 1.807) is 0 Å². The minimum Gasteiger partial charge on any atom is -0.478 e. The van der Waals surface area contributed by atoms with E-state index < -0.39 is 11.6 Å². The summed E-state index contributed by atoms with van der Waals surface area (Å²) in [4.78, 5) is 22.3. The molecule has 2 bridgehead atoms. The van der Waals surface area contributed by atoms with Gasteiger partial charge < -0.3 is 5.11 Å². The van der Waals surface area contributed by atoms with Crippen molar-refractivity contribution >= 4 is 5.97 Å². The third kappa shape index (κ3) is 1.63. The van der Waals surface area contributed by atoms with Gasteiger partial charge in [0.1, 0.15) is 11.7 Å². The Morgan fingerprint density at radius 1 is 1.53 bits per heavy atom. The maximum Gasteiger partial charge on any atom is 0.331 e. The van der Waals surface area contributed by atoms with Crippen molar-refractivity contribution in [1.82, 2.24) is 0 Å². The molecule has 4 nitrogen and oxygen atoms in total. The Balaban J connectivity index is 1.96. The number of carboxylic acids is 1. The van der Waals surface area contributed by atoms with E-state index in [4.69, 9.17) is 14.9 Å². The van der Waals surface area contributed by atoms with Gasteiger partial charge in [-0.1, -0.05) is 19.6 Å². The zero-order valence-corrected chi connectivity index (χ0v) is 11.4. The van der Waals surface area contributed by atoms with Gasteiger partial charge in [0.25, 0.3) is 0 Å². The number of carbonyl (C=O) groups is 1. The van der Waals surface area contributed by atoms with Gasteiger partial charge >= 0.3 is 5.97 Å². The van der Waals surface area contributed by atoms with Gasteiger partial charge in [0, 0.05) is 11.0 Å². The van der Waals surface area contributed by atoms with Crippen LogP contribution in [0.15, 0.2) is 23.8 Å². The van der Waals surface area contributed by atoms with E-state index in [9.17, 15) is 4.79 Å². The summed E-state index contributed by atoms with van der Waals surface area (Å²) in [5.41, 5.74) is 1.05. The minimum atomic E-state index is -0.906. The van der Waals surface area contributed by atoms with Crippen molar-refractivity contribution in [2.75, 3.05) is 0 Å². The molecule has 2 aliphatic heterocycles. The fourth-order valence-corrected chi connectivity index (χ4v) is 4.09. The predicted octanol–water partition coefficient (Wildman–Crippen LogP) is 2.85. The second-order valence-electron chi connectivity index (χ2n) is 6.43. The van der Waals surface area contributed by atoms with Gasteiger partial charge in [-0.15, -0.1) is 0 Å². The van der Waals surface area contributed by atoms with Crippen molar-refractivity contribution in [3.8, 4) is 0 Å². The van der Waals surface area contributed by atoms with Gasteiger partial charge in [-0.3, -0.25) is 0 Å². The summed E-state index contributed by atoms with van der Waals surface area (Å²) in [5, 5.41) is 9.14. The van der Waals surface area contributed by atoms with E-state index in [1.807, 2.05) is 0 Å². The lowest BCUT2D eigenvalue weighted by molar-refractivity contribution is -0.437. The molecule has 4 atom stereocenters. The van der Waals surface area contributed by atoms with Crippen LogP contribution in [0, 0.1) is 11.3 Å². The zero-order chi connectivity index (χ0) is 13.8. The number of aliphatic carboxylic acids is 1. The van der Waals surface area contributed by atoms with E-state index in [2.05, 4.69) is 26.5 Å². The second-order valence-corrected chi connectivity index (χ2v) is 6.43. The Hall–Kier alpha value is -1.13. The predicted molar refractivity (Wildman–Crippen MR) is 69.3 cm³/mol. The van der Waals surface area contributed by atoms with E-state index in [0.717, 1.165) is 19.3 Å². The quantitative estimate of drug-likeness (QED) is 0.473. The standard InChI is InChI=1S/C15H20O4/c1-9-6-12-8-14(3)5-4-11(10(2)13(16)17)7-15(9,14)19-18-12/h6,11-12H,2,4-5,7-8H2,1,3H3,(H,16,17). The number of carboxylic acid groups (broad SMARTS) is 1. The van der Waals surface area contributed by atoms with Crippen molar-refractivity contribution in [3.05, 3.63) is 23.8 Å². The van der Waals surface area contributed by atoms with Crippen LogP contribution in [0.1, 0.15) is 39.5 Å². The molecular weight excluding hydrogens is 244 g/mol. The third-order valence-electron chi connectivity index (χ3n) is 5.36. The zero-order valence-electron chi connectivity index (χ0n) is 11.4. The number of fused-ring (bicyclic) bond motifs is 1. The fraction of sp³-hybridized carbons (Fsp3) is 0.667. The average molecular weight is 264 g/mol. The molecule has 0 aromatic carbocycles. The van der Waals surface area contributed by atoms with Gasteiger partial charge in [0.2, 0.25) is 0 Å². The van der Waals surface area contributed by atoms with Crippen LogP contribution < -0.4 is 0 Å². The summed E-state index contributed by atoms with van der Waals surface area (Å²) in [7, 11) is 0. The Labute approximate surface area is 113 Å². The summed E-state index contributed by atoms with van der Waals surface area (Å²) >= 11 is 0. The van der Waals surface area contributed by atoms with Crippen LogP contribution in [0.4, 0.5) is 0 Å². The summed E-state index contributed by atoms with van der Waals surface area (Å²) < 4.78 is 0. The first-order valence-electron chi connectivity index (χ1n) is 6.83. The minimum absolute atomic E-state index is 0.0350. The van der Waals surface area contributed by atoms with E-state index in [0.29, 0.717) is 12.0 Å². The molecule has 1 N–H and O–H groups in total. The molecule has 4 rings (SSSR count). The van der Waals surface area contributed by atoms with Crippen LogP contribution in [-0.2, 0) is 14.6 Å². The highest BCUT2D eigenvalue weighted by molar-refractivity contribution is 5.86. The van der Waals surface area contributed by atoms with Crippen LogP contribution in [0.5, 0.6) is 0 Å². The number of hydrogen-bond acceptors (Lipinski definition) is 3. The highest BCUT2D eigenvalue weighted by atomic mass is 17.2. The second kappa shape index (κ2) is 3.93. The van der Waals surface area contributed by atoms with Crippen molar-refractivity contribution in [1.29, 1.82) is 0 Å². The van der Waals surface area contributed by atoms with Gasteiger partial charge in [0.05, 0.1) is 0 Å². The summed E-state index contributed by atoms with van der Waals surface area (Å²) in [5.74, 6) is -0.941. The monoisotopic (exact) mass is 264 g/mol. The van der Waals surface area contributed by atoms with Crippen LogP contribution in [0.2, 0.25) is 0 Å². The van der Waals surface area contributed by atoms with E-state index in [-0.39, 0.29) is 17.4 Å². The van der Waals surface area contributed by atoms with Crippen LogP contribution in [0.3, 0.4) is 0 Å². The molecule has 2 aliphatic carbocycles. The van der Waals surface area contributed by atoms with Crippen molar-refractivity contribution < 1.29 is 19.7 Å². The number of rotatable bonds is 2. The SMILES string of the molecule is C=C(C(=O)O)C1CCC2(C)CC3C=C(C)C2(C1)OO3. The lowest BCUT2D eigenvalue weighted by Gasteiger charge is -2.59. The van der Waals surface area contributed by atoms with Gasteiger partial charge in [-0.05, 0) is 44.1 Å². The lowest BCUT2D eigenvalue weighted by atomic mass is 9.53. The highest BCUT2D eigenvalue weighted by Crippen LogP contribution is 2.60. The Morgan fingerprint density at radius 3 is 2.89 bits per heavy atom. The Bertz CT molecular complexity index is 481. The van der Waals surface area contributed by atoms with Crippen molar-refractivity contribution in [3.63, 3.8) is 0 Å². The molecule has 104 valence electrons. The normalized spacial score (nSPS) is 44.4. The molecule has 4 aliphatic rings. The van der Waals surface area contributed by atoms with Crippen LogP contribution in [0.25, 0.3) is 0 Å². The Kier molecular flexibility index (Phi) is 2.67. The molecule has 19 heavy (non-hydrogen) atoms. The maximum absolute atomic E-state index is 11.1.